The van der Waals surface area contributed by atoms with Gasteiger partial charge in [-0.3, -0.25) is 10.2 Å². The minimum Gasteiger partial charge on any atom is -0.480 e. The van der Waals surface area contributed by atoms with Crippen LogP contribution in [-0.2, 0) is 4.79 Å². The zero-order chi connectivity index (χ0) is 13.4. The lowest BCUT2D eigenvalue weighted by molar-refractivity contribution is -0.141. The maximum Gasteiger partial charge on any atom is 0.327 e. The smallest absolute Gasteiger partial charge is 0.327 e. The van der Waals surface area contributed by atoms with Gasteiger partial charge >= 0.3 is 12.0 Å². The van der Waals surface area contributed by atoms with Gasteiger partial charge in [-0.2, -0.15) is 0 Å². The molecule has 0 radical (unpaired) electrons. The largest absolute Gasteiger partial charge is 0.480 e. The van der Waals surface area contributed by atoms with Crippen molar-refractivity contribution in [3.05, 3.63) is 11.6 Å². The number of thiazole rings is 1. The minimum atomic E-state index is -0.940. The fourth-order valence-electron chi connectivity index (χ4n) is 2.16. The van der Waals surface area contributed by atoms with Crippen LogP contribution in [0.4, 0.5) is 9.93 Å². The van der Waals surface area contributed by atoms with Crippen LogP contribution in [0, 0.1) is 5.92 Å². The summed E-state index contributed by atoms with van der Waals surface area (Å²) in [5.41, 5.74) is 0. The molecule has 2 fully saturated rings. The average Bonchev–Trinajstić information content (AvgIpc) is 2.91. The van der Waals surface area contributed by atoms with Crippen LogP contribution in [0.25, 0.3) is 0 Å². The van der Waals surface area contributed by atoms with Crippen LogP contribution in [0.5, 0.6) is 0 Å². The van der Waals surface area contributed by atoms with E-state index in [4.69, 9.17) is 0 Å². The predicted molar refractivity (Wildman–Crippen MR) is 73.4 cm³/mol. The molecule has 1 aromatic rings. The minimum absolute atomic E-state index is 0.0129. The number of hydrogen-bond acceptors (Lipinski definition) is 5. The number of amides is 2. The Morgan fingerprint density at radius 1 is 1.47 bits per heavy atom. The van der Waals surface area contributed by atoms with E-state index >= 15 is 0 Å². The lowest BCUT2D eigenvalue weighted by Gasteiger charge is -2.26. The van der Waals surface area contributed by atoms with E-state index in [2.05, 4.69) is 10.3 Å². The van der Waals surface area contributed by atoms with Crippen LogP contribution in [0.3, 0.4) is 0 Å². The van der Waals surface area contributed by atoms with E-state index in [0.717, 1.165) is 12.8 Å². The molecule has 1 aliphatic heterocycles. The van der Waals surface area contributed by atoms with Gasteiger partial charge in [-0.1, -0.05) is 0 Å². The third-order valence-electron chi connectivity index (χ3n) is 3.23. The van der Waals surface area contributed by atoms with Gasteiger partial charge in [0.25, 0.3) is 0 Å². The number of nitrogens with one attached hydrogen (secondary N) is 1. The monoisotopic (exact) mass is 299 g/mol. The summed E-state index contributed by atoms with van der Waals surface area (Å²) in [5.74, 6) is -0.0387. The lowest BCUT2D eigenvalue weighted by atomic mass is 10.2. The third kappa shape index (κ3) is 2.55. The van der Waals surface area contributed by atoms with Gasteiger partial charge in [0.1, 0.15) is 6.04 Å². The number of carbonyl (C=O) groups is 2. The van der Waals surface area contributed by atoms with Crippen molar-refractivity contribution in [2.75, 3.05) is 11.1 Å². The number of carboxylic acid groups (broad SMARTS) is 1. The van der Waals surface area contributed by atoms with Crippen molar-refractivity contribution in [3.8, 4) is 0 Å². The highest BCUT2D eigenvalue weighted by molar-refractivity contribution is 8.00. The molecule has 19 heavy (non-hydrogen) atoms. The summed E-state index contributed by atoms with van der Waals surface area (Å²) in [4.78, 5) is 29.0. The molecular formula is C11H13N3O3S2. The number of hydrogen-bond donors (Lipinski definition) is 2. The van der Waals surface area contributed by atoms with Crippen molar-refractivity contribution >= 4 is 40.2 Å². The summed E-state index contributed by atoms with van der Waals surface area (Å²) < 4.78 is 0. The van der Waals surface area contributed by atoms with Gasteiger partial charge in [-0.25, -0.2) is 14.6 Å². The Hall–Kier alpha value is -1.28. The highest BCUT2D eigenvalue weighted by Crippen LogP contribution is 2.45. The quantitative estimate of drug-likeness (QED) is 0.891. The molecule has 6 nitrogen and oxygen atoms in total. The summed E-state index contributed by atoms with van der Waals surface area (Å²) >= 11 is 2.89. The number of carboxylic acids is 1. The van der Waals surface area contributed by atoms with Gasteiger partial charge in [0.15, 0.2) is 5.13 Å². The molecule has 0 bridgehead atoms. The Morgan fingerprint density at radius 3 is 2.84 bits per heavy atom. The second-order valence-corrected chi connectivity index (χ2v) is 6.63. The predicted octanol–water partition coefficient (Wildman–Crippen LogP) is 1.91. The van der Waals surface area contributed by atoms with E-state index < -0.39 is 12.0 Å². The Morgan fingerprint density at radius 2 is 2.26 bits per heavy atom. The van der Waals surface area contributed by atoms with Gasteiger partial charge in [-0.15, -0.1) is 23.1 Å². The van der Waals surface area contributed by atoms with Crippen LogP contribution in [0.2, 0.25) is 0 Å². The maximum absolute atomic E-state index is 12.3. The molecular weight excluding hydrogens is 286 g/mol. The van der Waals surface area contributed by atoms with Crippen LogP contribution < -0.4 is 5.32 Å². The molecule has 2 amide bonds. The number of urea groups is 1. The third-order valence-corrected chi connectivity index (χ3v) is 5.38. The molecule has 102 valence electrons. The van der Waals surface area contributed by atoms with Crippen LogP contribution in [0.1, 0.15) is 12.8 Å². The van der Waals surface area contributed by atoms with Crippen LogP contribution in [-0.4, -0.2) is 44.2 Å². The van der Waals surface area contributed by atoms with Gasteiger partial charge in [-0.05, 0) is 18.8 Å². The Kier molecular flexibility index (Phi) is 3.36. The zero-order valence-corrected chi connectivity index (χ0v) is 11.6. The topological polar surface area (TPSA) is 82.5 Å². The number of anilines is 1. The fourth-order valence-corrected chi connectivity index (χ4v) is 4.31. The average molecular weight is 299 g/mol. The Labute approximate surface area is 118 Å². The molecule has 0 spiro atoms. The normalized spacial score (nSPS) is 26.4. The molecule has 1 aromatic heterocycles. The Balaban J connectivity index is 1.76. The van der Waals surface area contributed by atoms with E-state index in [1.165, 1.54) is 16.2 Å². The molecule has 2 unspecified atom stereocenters. The second-order valence-electron chi connectivity index (χ2n) is 4.59. The molecule has 1 aliphatic carbocycles. The molecule has 1 saturated carbocycles. The molecule has 8 heteroatoms. The van der Waals surface area contributed by atoms with Crippen molar-refractivity contribution in [1.29, 1.82) is 0 Å². The van der Waals surface area contributed by atoms with Gasteiger partial charge in [0.05, 0.1) is 5.37 Å². The first-order chi connectivity index (χ1) is 9.16. The second kappa shape index (κ2) is 5.01. The van der Waals surface area contributed by atoms with E-state index in [1.807, 2.05) is 0 Å². The van der Waals surface area contributed by atoms with E-state index in [-0.39, 0.29) is 11.4 Å². The molecule has 2 aliphatic rings. The summed E-state index contributed by atoms with van der Waals surface area (Å²) in [6.45, 7) is 0. The number of aliphatic carboxylic acids is 1. The van der Waals surface area contributed by atoms with Crippen molar-refractivity contribution < 1.29 is 14.7 Å². The number of rotatable bonds is 3. The Bertz CT molecular complexity index is 489. The summed E-state index contributed by atoms with van der Waals surface area (Å²) in [7, 11) is 0. The summed E-state index contributed by atoms with van der Waals surface area (Å²) in [6, 6.07) is -1.10. The summed E-state index contributed by atoms with van der Waals surface area (Å²) in [6.07, 6.45) is 3.75. The molecule has 3 rings (SSSR count). The molecule has 1 saturated heterocycles. The number of thioether (sulfide) groups is 1. The first-order valence-corrected chi connectivity index (χ1v) is 7.93. The van der Waals surface area contributed by atoms with E-state index in [9.17, 15) is 14.7 Å². The standard InChI is InChI=1S/C11H13N3O3S2/c15-9(16)7-5-19-8(6-1-2-6)14(7)11(17)13-10-12-3-4-18-10/h3-4,6-8H,1-2,5H2,(H,15,16)(H,12,13,17). The molecule has 0 aromatic carbocycles. The highest BCUT2D eigenvalue weighted by Gasteiger charge is 2.48. The maximum atomic E-state index is 12.3. The van der Waals surface area contributed by atoms with Crippen molar-refractivity contribution in [2.45, 2.75) is 24.3 Å². The van der Waals surface area contributed by atoms with E-state index in [1.54, 1.807) is 23.3 Å². The van der Waals surface area contributed by atoms with E-state index in [0.29, 0.717) is 16.8 Å². The number of carbonyl (C=O) groups excluding carboxylic acids is 1. The van der Waals surface area contributed by atoms with Crippen LogP contribution >= 0.6 is 23.1 Å². The molecule has 2 atom stereocenters. The first kappa shape index (κ1) is 12.7. The van der Waals surface area contributed by atoms with Crippen LogP contribution in [0.15, 0.2) is 11.6 Å². The van der Waals surface area contributed by atoms with Crippen molar-refractivity contribution in [1.82, 2.24) is 9.88 Å². The van der Waals surface area contributed by atoms with Crippen molar-refractivity contribution in [2.24, 2.45) is 5.92 Å². The molecule has 2 heterocycles. The van der Waals surface area contributed by atoms with Gasteiger partial charge in [0, 0.05) is 17.3 Å². The molecule has 2 N–H and O–H groups in total. The van der Waals surface area contributed by atoms with Gasteiger partial charge < -0.3 is 5.11 Å². The lowest BCUT2D eigenvalue weighted by Crippen LogP contribution is -2.48. The fraction of sp³-hybridized carbons (Fsp3) is 0.545. The SMILES string of the molecule is O=C(O)C1CSC(C2CC2)N1C(=O)Nc1nccs1. The number of aromatic nitrogens is 1. The van der Waals surface area contributed by atoms with Crippen molar-refractivity contribution in [3.63, 3.8) is 0 Å². The summed E-state index contributed by atoms with van der Waals surface area (Å²) in [5, 5.41) is 14.2. The zero-order valence-electron chi connectivity index (χ0n) is 9.98. The first-order valence-electron chi connectivity index (χ1n) is 6.00. The highest BCUT2D eigenvalue weighted by atomic mass is 32.2. The number of nitrogens with zero attached hydrogens (tertiary/aromatic N) is 2. The van der Waals surface area contributed by atoms with Gasteiger partial charge in [0.2, 0.25) is 0 Å².